The minimum Gasteiger partial charge on any atom is -0.193 e. The van der Waals surface area contributed by atoms with Gasteiger partial charge in [-0.1, -0.05) is 32.9 Å². The van der Waals surface area contributed by atoms with Gasteiger partial charge in [-0.25, -0.2) is 0 Å². The highest BCUT2D eigenvalue weighted by molar-refractivity contribution is 14.1. The van der Waals surface area contributed by atoms with Crippen molar-refractivity contribution in [1.82, 2.24) is 0 Å². The molecule has 0 saturated carbocycles. The van der Waals surface area contributed by atoms with E-state index in [4.69, 9.17) is 5.26 Å². The second kappa shape index (κ2) is 4.80. The van der Waals surface area contributed by atoms with Gasteiger partial charge in [-0.3, -0.25) is 0 Å². The summed E-state index contributed by atoms with van der Waals surface area (Å²) in [6, 6.07) is 10.4. The third-order valence-corrected chi connectivity index (χ3v) is 2.89. The van der Waals surface area contributed by atoms with Crippen LogP contribution in [-0.2, 0) is 0 Å². The lowest BCUT2D eigenvalue weighted by Crippen LogP contribution is -2.08. The van der Waals surface area contributed by atoms with Crippen LogP contribution in [0, 0.1) is 20.3 Å². The Morgan fingerprint density at radius 3 is 2.20 bits per heavy atom. The van der Waals surface area contributed by atoms with E-state index in [0.29, 0.717) is 0 Å². The maximum atomic E-state index is 8.79. The quantitative estimate of drug-likeness (QED) is 0.562. The molecule has 78 valence electrons. The largest absolute Gasteiger partial charge is 0.193 e. The van der Waals surface area contributed by atoms with Crippen LogP contribution >= 0.6 is 22.6 Å². The van der Waals surface area contributed by atoms with E-state index in [1.165, 1.54) is 3.57 Å². The van der Waals surface area contributed by atoms with Crippen molar-refractivity contribution in [2.75, 3.05) is 0 Å². The minimum atomic E-state index is 0.00250. The van der Waals surface area contributed by atoms with E-state index in [0.717, 1.165) is 11.1 Å². The molecule has 0 bridgehead atoms. The summed E-state index contributed by atoms with van der Waals surface area (Å²) in [5, 5.41) is 8.79. The third-order valence-electron chi connectivity index (χ3n) is 2.17. The number of halogens is 1. The summed E-state index contributed by atoms with van der Waals surface area (Å²) >= 11 is 2.28. The summed E-state index contributed by atoms with van der Waals surface area (Å²) in [7, 11) is 0. The van der Waals surface area contributed by atoms with E-state index >= 15 is 0 Å². The molecule has 1 nitrogen and oxygen atoms in total. The van der Waals surface area contributed by atoms with Gasteiger partial charge in [0.2, 0.25) is 0 Å². The lowest BCUT2D eigenvalue weighted by Gasteiger charge is -2.22. The van der Waals surface area contributed by atoms with Gasteiger partial charge in [0.1, 0.15) is 0 Å². The van der Waals surface area contributed by atoms with Crippen molar-refractivity contribution in [2.24, 2.45) is 5.41 Å². The highest BCUT2D eigenvalue weighted by Crippen LogP contribution is 2.33. The normalized spacial score (nSPS) is 12.3. The number of nitrogens with zero attached hydrogens (tertiary/aromatic N) is 1. The molecule has 0 aromatic heterocycles. The predicted molar refractivity (Wildman–Crippen MR) is 72.2 cm³/mol. The molecule has 0 atom stereocenters. The summed E-state index contributed by atoms with van der Waals surface area (Å²) in [6.07, 6.45) is 1.64. The zero-order chi connectivity index (χ0) is 11.5. The molecular weight excluding hydrogens is 297 g/mol. The summed E-state index contributed by atoms with van der Waals surface area (Å²) in [5.74, 6) is 0. The smallest absolute Gasteiger partial charge is 0.0915 e. The maximum Gasteiger partial charge on any atom is 0.0915 e. The molecule has 15 heavy (non-hydrogen) atoms. The van der Waals surface area contributed by atoms with E-state index in [9.17, 15) is 0 Å². The maximum absolute atomic E-state index is 8.79. The van der Waals surface area contributed by atoms with Gasteiger partial charge in [0.15, 0.2) is 0 Å². The van der Waals surface area contributed by atoms with Crippen molar-refractivity contribution in [3.8, 4) is 6.07 Å². The number of rotatable bonds is 1. The molecule has 0 heterocycles. The summed E-state index contributed by atoms with van der Waals surface area (Å²) in [5.41, 5.74) is 2.22. The van der Waals surface area contributed by atoms with Crippen LogP contribution in [-0.4, -0.2) is 0 Å². The average Bonchev–Trinajstić information content (AvgIpc) is 2.14. The van der Waals surface area contributed by atoms with Crippen LogP contribution in [0.15, 0.2) is 30.3 Å². The van der Waals surface area contributed by atoms with Gasteiger partial charge in [0.05, 0.1) is 6.07 Å². The fraction of sp³-hybridized carbons (Fsp3) is 0.308. The number of nitriles is 1. The molecule has 1 rings (SSSR count). The van der Waals surface area contributed by atoms with Crippen LogP contribution in [0.25, 0.3) is 5.57 Å². The Balaban J connectivity index is 3.19. The first kappa shape index (κ1) is 12.3. The molecule has 1 aromatic carbocycles. The van der Waals surface area contributed by atoms with Crippen LogP contribution in [0.5, 0.6) is 0 Å². The monoisotopic (exact) mass is 311 g/mol. The highest BCUT2D eigenvalue weighted by Gasteiger charge is 2.18. The predicted octanol–water partition coefficient (Wildman–Crippen LogP) is 4.24. The van der Waals surface area contributed by atoms with Gasteiger partial charge >= 0.3 is 0 Å². The molecule has 0 saturated heterocycles. The lowest BCUT2D eigenvalue weighted by atomic mass is 9.82. The van der Waals surface area contributed by atoms with Crippen LogP contribution in [0.1, 0.15) is 26.3 Å². The van der Waals surface area contributed by atoms with Gasteiger partial charge < -0.3 is 0 Å². The standard InChI is InChI=1S/C13H14IN/c1-13(2,3)12(8-9-15)10-4-6-11(14)7-5-10/h4-8H,1-3H3/b12-8+. The Kier molecular flexibility index (Phi) is 3.92. The molecule has 0 radical (unpaired) electrons. The molecule has 0 amide bonds. The Hall–Kier alpha value is -0.820. The zero-order valence-electron chi connectivity index (χ0n) is 9.21. The molecule has 0 N–H and O–H groups in total. The Labute approximate surface area is 105 Å². The van der Waals surface area contributed by atoms with Crippen molar-refractivity contribution in [3.05, 3.63) is 39.5 Å². The first-order chi connectivity index (χ1) is 6.95. The van der Waals surface area contributed by atoms with E-state index < -0.39 is 0 Å². The second-order valence-corrected chi connectivity index (χ2v) is 5.69. The third kappa shape index (κ3) is 3.35. The van der Waals surface area contributed by atoms with Gasteiger partial charge in [-0.05, 0) is 51.3 Å². The molecular formula is C13H14IN. The molecule has 0 spiro atoms. The highest BCUT2D eigenvalue weighted by atomic mass is 127. The summed E-state index contributed by atoms with van der Waals surface area (Å²) < 4.78 is 1.21. The van der Waals surface area contributed by atoms with E-state index in [1.54, 1.807) is 6.08 Å². The van der Waals surface area contributed by atoms with Crippen molar-refractivity contribution in [3.63, 3.8) is 0 Å². The second-order valence-electron chi connectivity index (χ2n) is 4.44. The average molecular weight is 311 g/mol. The van der Waals surface area contributed by atoms with E-state index in [1.807, 2.05) is 0 Å². The Bertz CT molecular complexity index is 402. The van der Waals surface area contributed by atoms with Gasteiger partial charge in [-0.15, -0.1) is 0 Å². The van der Waals surface area contributed by atoms with Crippen LogP contribution < -0.4 is 0 Å². The molecule has 0 aliphatic heterocycles. The SMILES string of the molecule is CC(C)(C)/C(=C/C#N)c1ccc(I)cc1. The zero-order valence-corrected chi connectivity index (χ0v) is 11.4. The topological polar surface area (TPSA) is 23.8 Å². The number of hydrogen-bond acceptors (Lipinski definition) is 1. The van der Waals surface area contributed by atoms with Crippen LogP contribution in [0.2, 0.25) is 0 Å². The number of allylic oxidation sites excluding steroid dienone is 2. The van der Waals surface area contributed by atoms with Crippen molar-refractivity contribution in [2.45, 2.75) is 20.8 Å². The first-order valence-electron chi connectivity index (χ1n) is 4.81. The minimum absolute atomic E-state index is 0.00250. The molecule has 0 aliphatic carbocycles. The number of hydrogen-bond donors (Lipinski definition) is 0. The summed E-state index contributed by atoms with van der Waals surface area (Å²) in [4.78, 5) is 0. The van der Waals surface area contributed by atoms with Crippen molar-refractivity contribution < 1.29 is 0 Å². The molecule has 0 unspecified atom stereocenters. The molecule has 2 heteroatoms. The lowest BCUT2D eigenvalue weighted by molar-refractivity contribution is 0.567. The van der Waals surface area contributed by atoms with Gasteiger partial charge in [0, 0.05) is 9.65 Å². The van der Waals surface area contributed by atoms with Crippen molar-refractivity contribution >= 4 is 28.2 Å². The van der Waals surface area contributed by atoms with Gasteiger partial charge in [0.25, 0.3) is 0 Å². The molecule has 0 fully saturated rings. The van der Waals surface area contributed by atoms with Gasteiger partial charge in [-0.2, -0.15) is 5.26 Å². The fourth-order valence-corrected chi connectivity index (χ4v) is 1.79. The molecule has 0 aliphatic rings. The fourth-order valence-electron chi connectivity index (χ4n) is 1.43. The van der Waals surface area contributed by atoms with Crippen molar-refractivity contribution in [1.29, 1.82) is 5.26 Å². The van der Waals surface area contributed by atoms with E-state index in [2.05, 4.69) is 73.7 Å². The van der Waals surface area contributed by atoms with Crippen LogP contribution in [0.3, 0.4) is 0 Å². The molecule has 1 aromatic rings. The first-order valence-corrected chi connectivity index (χ1v) is 5.89. The Morgan fingerprint density at radius 1 is 1.27 bits per heavy atom. The van der Waals surface area contributed by atoms with Crippen LogP contribution in [0.4, 0.5) is 0 Å². The van der Waals surface area contributed by atoms with E-state index in [-0.39, 0.29) is 5.41 Å². The number of benzene rings is 1. The Morgan fingerprint density at radius 2 is 1.80 bits per heavy atom. The summed E-state index contributed by atoms with van der Waals surface area (Å²) in [6.45, 7) is 6.36.